The molecule has 0 fully saturated rings. The van der Waals surface area contributed by atoms with Crippen molar-refractivity contribution in [2.75, 3.05) is 7.11 Å². The molecule has 1 aromatic rings. The zero-order valence-corrected chi connectivity index (χ0v) is 8.70. The van der Waals surface area contributed by atoms with Crippen molar-refractivity contribution in [1.82, 2.24) is 0 Å². The summed E-state index contributed by atoms with van der Waals surface area (Å²) in [4.78, 5) is 0. The van der Waals surface area contributed by atoms with Gasteiger partial charge in [0.1, 0.15) is 0 Å². The predicted molar refractivity (Wildman–Crippen MR) is 56.7 cm³/mol. The van der Waals surface area contributed by atoms with Gasteiger partial charge in [-0.1, -0.05) is 5.92 Å². The summed E-state index contributed by atoms with van der Waals surface area (Å²) in [7, 11) is 1.60. The van der Waals surface area contributed by atoms with E-state index in [0.29, 0.717) is 5.75 Å². The van der Waals surface area contributed by atoms with Crippen molar-refractivity contribution < 1.29 is 9.47 Å². The second-order valence-electron chi connectivity index (χ2n) is 3.18. The summed E-state index contributed by atoms with van der Waals surface area (Å²) in [6.07, 6.45) is 5.40. The Labute approximate surface area is 84.8 Å². The molecule has 0 spiro atoms. The number of hydrogen-bond donors (Lipinski definition) is 0. The molecule has 0 saturated carbocycles. The van der Waals surface area contributed by atoms with Gasteiger partial charge >= 0.3 is 0 Å². The van der Waals surface area contributed by atoms with Crippen LogP contribution in [0.15, 0.2) is 18.2 Å². The van der Waals surface area contributed by atoms with E-state index < -0.39 is 0 Å². The molecule has 1 aromatic carbocycles. The number of rotatable bonds is 3. The molecule has 2 heteroatoms. The average molecular weight is 190 g/mol. The van der Waals surface area contributed by atoms with Gasteiger partial charge in [-0.25, -0.2) is 0 Å². The van der Waals surface area contributed by atoms with E-state index in [1.54, 1.807) is 13.2 Å². The first-order chi connectivity index (χ1) is 6.67. The van der Waals surface area contributed by atoms with Crippen LogP contribution in [0.2, 0.25) is 0 Å². The summed E-state index contributed by atoms with van der Waals surface area (Å²) in [6.45, 7) is 3.93. The number of methoxy groups -OCH3 is 1. The van der Waals surface area contributed by atoms with E-state index >= 15 is 0 Å². The van der Waals surface area contributed by atoms with Crippen molar-refractivity contribution in [3.63, 3.8) is 0 Å². The van der Waals surface area contributed by atoms with Crippen LogP contribution >= 0.6 is 0 Å². The lowest BCUT2D eigenvalue weighted by atomic mass is 10.2. The summed E-state index contributed by atoms with van der Waals surface area (Å²) in [5, 5.41) is 0. The molecule has 0 heterocycles. The van der Waals surface area contributed by atoms with Crippen LogP contribution in [0.25, 0.3) is 0 Å². The second kappa shape index (κ2) is 4.57. The first kappa shape index (κ1) is 10.5. The van der Waals surface area contributed by atoms with Crippen LogP contribution in [0.4, 0.5) is 0 Å². The fraction of sp³-hybridized carbons (Fsp3) is 0.333. The molecule has 0 aliphatic heterocycles. The summed E-state index contributed by atoms with van der Waals surface area (Å²) < 4.78 is 10.7. The van der Waals surface area contributed by atoms with Crippen LogP contribution in [0.5, 0.6) is 11.5 Å². The zero-order valence-electron chi connectivity index (χ0n) is 8.70. The Balaban J connectivity index is 3.00. The molecule has 0 bridgehead atoms. The van der Waals surface area contributed by atoms with E-state index in [2.05, 4.69) is 5.92 Å². The summed E-state index contributed by atoms with van der Waals surface area (Å²) in [5.41, 5.74) is 0.790. The van der Waals surface area contributed by atoms with Crippen molar-refractivity contribution >= 4 is 0 Å². The van der Waals surface area contributed by atoms with E-state index in [1.807, 2.05) is 26.0 Å². The molecule has 1 rings (SSSR count). The van der Waals surface area contributed by atoms with Gasteiger partial charge in [0.25, 0.3) is 0 Å². The molecule has 0 amide bonds. The molecule has 0 saturated heterocycles. The molecule has 0 unspecified atom stereocenters. The lowest BCUT2D eigenvalue weighted by Crippen LogP contribution is -2.06. The van der Waals surface area contributed by atoms with Gasteiger partial charge in [-0.3, -0.25) is 0 Å². The Kier molecular flexibility index (Phi) is 3.41. The Morgan fingerprint density at radius 1 is 1.29 bits per heavy atom. The summed E-state index contributed by atoms with van der Waals surface area (Å²) >= 11 is 0. The maximum absolute atomic E-state index is 5.54. The SMILES string of the molecule is C#Cc1ccc(OC(C)C)c(OC)c1. The van der Waals surface area contributed by atoms with Crippen molar-refractivity contribution in [2.24, 2.45) is 0 Å². The van der Waals surface area contributed by atoms with Crippen LogP contribution in [-0.4, -0.2) is 13.2 Å². The average Bonchev–Trinajstić information content (AvgIpc) is 2.17. The Bertz CT molecular complexity index is 348. The highest BCUT2D eigenvalue weighted by Crippen LogP contribution is 2.28. The van der Waals surface area contributed by atoms with E-state index in [0.717, 1.165) is 11.3 Å². The highest BCUT2D eigenvalue weighted by Gasteiger charge is 2.06. The Morgan fingerprint density at radius 3 is 2.50 bits per heavy atom. The lowest BCUT2D eigenvalue weighted by molar-refractivity contribution is 0.230. The third kappa shape index (κ3) is 2.43. The highest BCUT2D eigenvalue weighted by molar-refractivity contribution is 5.47. The topological polar surface area (TPSA) is 18.5 Å². The fourth-order valence-corrected chi connectivity index (χ4v) is 1.11. The molecule has 0 atom stereocenters. The monoisotopic (exact) mass is 190 g/mol. The molecule has 2 nitrogen and oxygen atoms in total. The van der Waals surface area contributed by atoms with Crippen molar-refractivity contribution in [3.05, 3.63) is 23.8 Å². The number of terminal acetylenes is 1. The molecule has 14 heavy (non-hydrogen) atoms. The third-order valence-electron chi connectivity index (χ3n) is 1.69. The van der Waals surface area contributed by atoms with Crippen molar-refractivity contribution in [1.29, 1.82) is 0 Å². The van der Waals surface area contributed by atoms with Crippen molar-refractivity contribution in [3.8, 4) is 23.8 Å². The quantitative estimate of drug-likeness (QED) is 0.682. The van der Waals surface area contributed by atoms with Gasteiger partial charge in [0.2, 0.25) is 0 Å². The minimum absolute atomic E-state index is 0.126. The van der Waals surface area contributed by atoms with Gasteiger partial charge in [0.15, 0.2) is 11.5 Å². The lowest BCUT2D eigenvalue weighted by Gasteiger charge is -2.13. The van der Waals surface area contributed by atoms with E-state index in [9.17, 15) is 0 Å². The van der Waals surface area contributed by atoms with Gasteiger partial charge in [-0.05, 0) is 32.0 Å². The molecular weight excluding hydrogens is 176 g/mol. The van der Waals surface area contributed by atoms with Crippen LogP contribution in [0.1, 0.15) is 19.4 Å². The minimum atomic E-state index is 0.126. The van der Waals surface area contributed by atoms with Gasteiger partial charge in [0, 0.05) is 5.56 Å². The number of benzene rings is 1. The van der Waals surface area contributed by atoms with Gasteiger partial charge in [0.05, 0.1) is 13.2 Å². The van der Waals surface area contributed by atoms with Gasteiger partial charge in [-0.15, -0.1) is 6.42 Å². The Morgan fingerprint density at radius 2 is 2.00 bits per heavy atom. The van der Waals surface area contributed by atoms with E-state index in [4.69, 9.17) is 15.9 Å². The summed E-state index contributed by atoms with van der Waals surface area (Å²) in [6, 6.07) is 5.45. The first-order valence-electron chi connectivity index (χ1n) is 4.48. The van der Waals surface area contributed by atoms with Gasteiger partial charge < -0.3 is 9.47 Å². The zero-order chi connectivity index (χ0) is 10.6. The molecule has 74 valence electrons. The third-order valence-corrected chi connectivity index (χ3v) is 1.69. The molecule has 0 N–H and O–H groups in total. The molecule has 0 aliphatic rings. The standard InChI is InChI=1S/C12H14O2/c1-5-10-6-7-11(14-9(2)3)12(8-10)13-4/h1,6-9H,2-4H3. The normalized spacial score (nSPS) is 9.64. The summed E-state index contributed by atoms with van der Waals surface area (Å²) in [5.74, 6) is 3.95. The highest BCUT2D eigenvalue weighted by atomic mass is 16.5. The van der Waals surface area contributed by atoms with E-state index in [1.165, 1.54) is 0 Å². The number of ether oxygens (including phenoxy) is 2. The van der Waals surface area contributed by atoms with Crippen LogP contribution in [0, 0.1) is 12.3 Å². The Hall–Kier alpha value is -1.62. The predicted octanol–water partition coefficient (Wildman–Crippen LogP) is 2.46. The van der Waals surface area contributed by atoms with Crippen LogP contribution < -0.4 is 9.47 Å². The maximum Gasteiger partial charge on any atom is 0.161 e. The number of hydrogen-bond acceptors (Lipinski definition) is 2. The maximum atomic E-state index is 5.54. The fourth-order valence-electron chi connectivity index (χ4n) is 1.11. The van der Waals surface area contributed by atoms with Crippen LogP contribution in [0.3, 0.4) is 0 Å². The molecular formula is C12H14O2. The second-order valence-corrected chi connectivity index (χ2v) is 3.18. The largest absolute Gasteiger partial charge is 0.493 e. The van der Waals surface area contributed by atoms with Crippen LogP contribution in [-0.2, 0) is 0 Å². The molecule has 0 aliphatic carbocycles. The molecule has 0 radical (unpaired) electrons. The first-order valence-corrected chi connectivity index (χ1v) is 4.48. The smallest absolute Gasteiger partial charge is 0.161 e. The van der Waals surface area contributed by atoms with E-state index in [-0.39, 0.29) is 6.10 Å². The minimum Gasteiger partial charge on any atom is -0.493 e. The van der Waals surface area contributed by atoms with Crippen molar-refractivity contribution in [2.45, 2.75) is 20.0 Å². The molecule has 0 aromatic heterocycles. The van der Waals surface area contributed by atoms with Gasteiger partial charge in [-0.2, -0.15) is 0 Å².